The van der Waals surface area contributed by atoms with Crippen molar-refractivity contribution in [1.82, 2.24) is 9.55 Å². The van der Waals surface area contributed by atoms with Crippen LogP contribution in [-0.4, -0.2) is 57.1 Å². The fraction of sp³-hybridized carbons (Fsp3) is 0.458. The Labute approximate surface area is 222 Å². The van der Waals surface area contributed by atoms with Crippen LogP contribution in [0.5, 0.6) is 5.75 Å². The molecule has 38 heavy (non-hydrogen) atoms. The maximum absolute atomic E-state index is 16.0. The second-order valence-electron chi connectivity index (χ2n) is 8.95. The largest absolute Gasteiger partial charge is 0.463 e. The number of aromatic nitrogens is 2. The molecule has 2 aromatic rings. The second-order valence-corrected chi connectivity index (χ2v) is 11.4. The summed E-state index contributed by atoms with van der Waals surface area (Å²) in [5, 5.41) is 10.6. The summed E-state index contributed by atoms with van der Waals surface area (Å²) >= 11 is 4.99. The van der Waals surface area contributed by atoms with Crippen LogP contribution in [0.4, 0.5) is 8.78 Å². The third-order valence-corrected chi connectivity index (χ3v) is 7.81. The Morgan fingerprint density at radius 3 is 2.55 bits per heavy atom. The molecule has 1 aromatic carbocycles. The zero-order valence-electron chi connectivity index (χ0n) is 20.7. The Morgan fingerprint density at radius 2 is 1.97 bits per heavy atom. The van der Waals surface area contributed by atoms with E-state index in [4.69, 9.17) is 37.2 Å². The van der Waals surface area contributed by atoms with E-state index in [0.29, 0.717) is 0 Å². The molecule has 1 aliphatic rings. The summed E-state index contributed by atoms with van der Waals surface area (Å²) in [6.45, 7) is 3.38. The first-order chi connectivity index (χ1) is 17.7. The molecule has 1 saturated heterocycles. The number of aliphatic hydroxyl groups excluding tert-OH is 1. The lowest BCUT2D eigenvalue weighted by atomic mass is 9.96. The fourth-order valence-corrected chi connectivity index (χ4v) is 5.75. The molecule has 3 rings (SSSR count). The Morgan fingerprint density at radius 1 is 1.32 bits per heavy atom. The molecule has 1 fully saturated rings. The molecular weight excluding hydrogens is 545 g/mol. The summed E-state index contributed by atoms with van der Waals surface area (Å²) in [7, 11) is -4.36. The SMILES string of the molecule is C#CC1(F)[C@@H](O)[C@@](F)(COP(=O)(C[C@@H](C)C(=O)OC(C)C)Oc2ccccc2)O[C@H]1n1ccc(=O)[nH]c1=S. The lowest BCUT2D eigenvalue weighted by Crippen LogP contribution is -2.47. The van der Waals surface area contributed by atoms with Crippen LogP contribution < -0.4 is 10.1 Å². The summed E-state index contributed by atoms with van der Waals surface area (Å²) < 4.78 is 67.0. The van der Waals surface area contributed by atoms with E-state index in [1.807, 2.05) is 0 Å². The Hall–Kier alpha value is -2.88. The summed E-state index contributed by atoms with van der Waals surface area (Å²) in [6.07, 6.45) is 0.666. The molecule has 10 nitrogen and oxygen atoms in total. The van der Waals surface area contributed by atoms with Crippen molar-refractivity contribution in [2.24, 2.45) is 5.92 Å². The van der Waals surface area contributed by atoms with Crippen molar-refractivity contribution < 1.29 is 41.8 Å². The van der Waals surface area contributed by atoms with Crippen molar-refractivity contribution in [2.75, 3.05) is 12.8 Å². The Kier molecular flexibility index (Phi) is 8.96. The van der Waals surface area contributed by atoms with Gasteiger partial charge in [0.1, 0.15) is 12.4 Å². The number of ether oxygens (including phenoxy) is 2. The lowest BCUT2D eigenvalue weighted by Gasteiger charge is -2.27. The van der Waals surface area contributed by atoms with Crippen molar-refractivity contribution in [3.8, 4) is 18.1 Å². The number of H-pyrrole nitrogens is 1. The van der Waals surface area contributed by atoms with Gasteiger partial charge in [-0.2, -0.15) is 0 Å². The zero-order chi connectivity index (χ0) is 28.3. The highest BCUT2D eigenvalue weighted by atomic mass is 32.1. The first kappa shape index (κ1) is 29.7. The number of rotatable bonds is 10. The number of halogens is 2. The molecule has 0 spiro atoms. The molecular formula is C24H27F2N2O8PS. The van der Waals surface area contributed by atoms with Crippen molar-refractivity contribution in [1.29, 1.82) is 0 Å². The van der Waals surface area contributed by atoms with E-state index >= 15 is 8.78 Å². The molecule has 0 bridgehead atoms. The van der Waals surface area contributed by atoms with Crippen LogP contribution >= 0.6 is 19.8 Å². The van der Waals surface area contributed by atoms with Gasteiger partial charge in [-0.3, -0.25) is 23.7 Å². The average molecular weight is 573 g/mol. The number of para-hydroxylation sites is 1. The second kappa shape index (κ2) is 11.5. The third-order valence-electron chi connectivity index (χ3n) is 5.50. The van der Waals surface area contributed by atoms with Crippen LogP contribution in [0.2, 0.25) is 0 Å². The number of hydrogen-bond acceptors (Lipinski definition) is 9. The highest BCUT2D eigenvalue weighted by Gasteiger charge is 2.67. The molecule has 2 N–H and O–H groups in total. The maximum Gasteiger partial charge on any atom is 0.380 e. The van der Waals surface area contributed by atoms with Crippen molar-refractivity contribution >= 4 is 25.8 Å². The number of hydrogen-bond donors (Lipinski definition) is 2. The number of terminal acetylenes is 1. The van der Waals surface area contributed by atoms with Gasteiger partial charge in [0.15, 0.2) is 17.1 Å². The first-order valence-corrected chi connectivity index (χ1v) is 13.6. The number of carbonyl (C=O) groups is 1. The van der Waals surface area contributed by atoms with Gasteiger partial charge in [0.05, 0.1) is 18.2 Å². The van der Waals surface area contributed by atoms with E-state index in [1.54, 1.807) is 38.0 Å². The molecule has 0 aliphatic carbocycles. The minimum atomic E-state index is -4.36. The van der Waals surface area contributed by atoms with E-state index in [1.165, 1.54) is 19.1 Å². The number of nitrogens with zero attached hydrogens (tertiary/aromatic N) is 1. The molecule has 0 saturated carbocycles. The predicted molar refractivity (Wildman–Crippen MR) is 134 cm³/mol. The number of aromatic amines is 1. The monoisotopic (exact) mass is 572 g/mol. The molecule has 206 valence electrons. The molecule has 0 amide bonds. The third kappa shape index (κ3) is 6.39. The summed E-state index contributed by atoms with van der Waals surface area (Å²) in [4.78, 5) is 26.1. The van der Waals surface area contributed by atoms with Crippen LogP contribution in [0.1, 0.15) is 27.0 Å². The van der Waals surface area contributed by atoms with E-state index in [9.17, 15) is 19.3 Å². The summed E-state index contributed by atoms with van der Waals surface area (Å²) in [6, 6.07) is 8.72. The average Bonchev–Trinajstić information content (AvgIpc) is 3.05. The Balaban J connectivity index is 1.90. The normalized spacial score (nSPS) is 27.3. The fourth-order valence-electron chi connectivity index (χ4n) is 3.62. The number of esters is 1. The zero-order valence-corrected chi connectivity index (χ0v) is 22.4. The molecule has 14 heteroatoms. The Bertz CT molecular complexity index is 1360. The minimum Gasteiger partial charge on any atom is -0.463 e. The predicted octanol–water partition coefficient (Wildman–Crippen LogP) is 3.68. The van der Waals surface area contributed by atoms with E-state index in [-0.39, 0.29) is 10.5 Å². The molecule has 0 radical (unpaired) electrons. The van der Waals surface area contributed by atoms with E-state index in [2.05, 4.69) is 4.98 Å². The number of aliphatic hydroxyl groups is 1. The van der Waals surface area contributed by atoms with Crippen LogP contribution in [0, 0.1) is 23.0 Å². The molecule has 2 heterocycles. The van der Waals surface area contributed by atoms with Gasteiger partial charge in [-0.25, -0.2) is 13.3 Å². The van der Waals surface area contributed by atoms with Crippen LogP contribution in [0.15, 0.2) is 47.4 Å². The molecule has 2 unspecified atom stereocenters. The van der Waals surface area contributed by atoms with Gasteiger partial charge in [-0.1, -0.05) is 31.0 Å². The van der Waals surface area contributed by atoms with Crippen LogP contribution in [0.25, 0.3) is 0 Å². The quantitative estimate of drug-likeness (QED) is 0.190. The van der Waals surface area contributed by atoms with Gasteiger partial charge in [0.2, 0.25) is 5.67 Å². The lowest BCUT2D eigenvalue weighted by molar-refractivity contribution is -0.203. The van der Waals surface area contributed by atoms with E-state index in [0.717, 1.165) is 16.8 Å². The number of benzene rings is 1. The molecule has 1 aromatic heterocycles. The standard InChI is InChI=1S/C24H27F2N2O8PS/c1-5-23(25)20(31)24(26,35-21(23)28-12-11-18(29)27-22(28)38)14-33-37(32,36-17-9-7-6-8-10-17)13-16(4)19(30)34-15(2)3/h1,6-12,15-16,20-21,31H,13-14H2,2-4H3,(H,27,29,38)/t16-,20-,21-,23?,24-,37?/m1/s1. The van der Waals surface area contributed by atoms with Crippen molar-refractivity contribution in [3.05, 3.63) is 57.7 Å². The summed E-state index contributed by atoms with van der Waals surface area (Å²) in [5.74, 6) is -3.28. The first-order valence-electron chi connectivity index (χ1n) is 11.4. The molecule has 1 aliphatic heterocycles. The topological polar surface area (TPSA) is 129 Å². The van der Waals surface area contributed by atoms with Gasteiger partial charge in [-0.05, 0) is 38.2 Å². The number of nitrogens with one attached hydrogen (secondary N) is 1. The smallest absolute Gasteiger partial charge is 0.380 e. The number of carbonyl (C=O) groups excluding carboxylic acids is 1. The van der Waals surface area contributed by atoms with Gasteiger partial charge < -0.3 is 19.1 Å². The van der Waals surface area contributed by atoms with Crippen LogP contribution in [-0.2, 0) is 23.4 Å². The van der Waals surface area contributed by atoms with Gasteiger partial charge in [-0.15, -0.1) is 6.42 Å². The maximum atomic E-state index is 16.0. The highest BCUT2D eigenvalue weighted by molar-refractivity contribution is 7.71. The van der Waals surface area contributed by atoms with Crippen molar-refractivity contribution in [2.45, 2.75) is 50.7 Å². The summed E-state index contributed by atoms with van der Waals surface area (Å²) in [5.41, 5.74) is -3.79. The highest BCUT2D eigenvalue weighted by Crippen LogP contribution is 2.54. The minimum absolute atomic E-state index is 0.0851. The van der Waals surface area contributed by atoms with Gasteiger partial charge in [0.25, 0.3) is 11.4 Å². The van der Waals surface area contributed by atoms with Gasteiger partial charge >= 0.3 is 13.6 Å². The number of alkyl halides is 2. The van der Waals surface area contributed by atoms with E-state index < -0.39 is 67.8 Å². The molecule has 6 atom stereocenters. The van der Waals surface area contributed by atoms with Crippen LogP contribution in [0.3, 0.4) is 0 Å². The van der Waals surface area contributed by atoms with Gasteiger partial charge in [0, 0.05) is 12.3 Å². The van der Waals surface area contributed by atoms with Crippen molar-refractivity contribution in [3.63, 3.8) is 0 Å².